The Kier molecular flexibility index (Phi) is 7.71. The third kappa shape index (κ3) is 6.74. The highest BCUT2D eigenvalue weighted by Crippen LogP contribution is 2.20. The lowest BCUT2D eigenvalue weighted by Gasteiger charge is -2.23. The summed E-state index contributed by atoms with van der Waals surface area (Å²) in [6.45, 7) is 3.64. The molecule has 0 saturated carbocycles. The van der Waals surface area contributed by atoms with E-state index in [0.717, 1.165) is 31.1 Å². The molecule has 0 spiro atoms. The molecule has 4 rings (SSSR count). The van der Waals surface area contributed by atoms with E-state index >= 15 is 0 Å². The van der Waals surface area contributed by atoms with E-state index in [1.54, 1.807) is 18.6 Å². The number of carbonyl (C=O) groups is 1. The first-order valence-corrected chi connectivity index (χ1v) is 9.62. The standard InChI is InChI=1S/C18H20N6O.C2HF3O2/c1-3-15(9-19-5-1)13-25-14-16-10-23(18-20-6-2-7-21-18)12-17-4-8-22-24(17)11-16;3-2(4,5)1(6)7/h1-9,16H,10-14H2;(H,6,7). The Hall–Kier alpha value is -3.54. The van der Waals surface area contributed by atoms with Gasteiger partial charge >= 0.3 is 12.1 Å². The molecule has 4 heterocycles. The first-order valence-electron chi connectivity index (χ1n) is 9.62. The maximum Gasteiger partial charge on any atom is 0.490 e. The van der Waals surface area contributed by atoms with Gasteiger partial charge in [0.2, 0.25) is 5.95 Å². The summed E-state index contributed by atoms with van der Waals surface area (Å²) in [6.07, 6.45) is 3.92. The fourth-order valence-electron chi connectivity index (χ4n) is 3.07. The van der Waals surface area contributed by atoms with Crippen molar-refractivity contribution in [2.24, 2.45) is 5.92 Å². The molecule has 0 aliphatic carbocycles. The van der Waals surface area contributed by atoms with Gasteiger partial charge in [0.05, 0.1) is 25.5 Å². The molecule has 0 bridgehead atoms. The number of anilines is 1. The topological polar surface area (TPSA) is 106 Å². The number of aromatic nitrogens is 5. The molecule has 0 saturated heterocycles. The predicted octanol–water partition coefficient (Wildman–Crippen LogP) is 2.55. The second-order valence-electron chi connectivity index (χ2n) is 6.98. The summed E-state index contributed by atoms with van der Waals surface area (Å²) >= 11 is 0. The number of carboxylic acids is 1. The molecule has 32 heavy (non-hydrogen) atoms. The minimum atomic E-state index is -5.08. The molecule has 3 aromatic rings. The third-order valence-corrected chi connectivity index (χ3v) is 4.49. The monoisotopic (exact) mass is 450 g/mol. The van der Waals surface area contributed by atoms with Crippen LogP contribution in [0.4, 0.5) is 19.1 Å². The number of pyridine rings is 1. The molecule has 170 valence electrons. The number of alkyl halides is 3. The number of rotatable bonds is 5. The molecule has 0 aromatic carbocycles. The fourth-order valence-corrected chi connectivity index (χ4v) is 3.07. The largest absolute Gasteiger partial charge is 0.490 e. The molecule has 1 N–H and O–H groups in total. The van der Waals surface area contributed by atoms with Crippen molar-refractivity contribution in [2.75, 3.05) is 18.1 Å². The number of fused-ring (bicyclic) bond motifs is 1. The molecule has 1 unspecified atom stereocenters. The number of halogens is 3. The fraction of sp³-hybridized carbons (Fsp3) is 0.350. The van der Waals surface area contributed by atoms with Gasteiger partial charge in [-0.3, -0.25) is 9.67 Å². The summed E-state index contributed by atoms with van der Waals surface area (Å²) in [5, 5.41) is 11.6. The minimum Gasteiger partial charge on any atom is -0.475 e. The first-order chi connectivity index (χ1) is 15.3. The van der Waals surface area contributed by atoms with Gasteiger partial charge in [-0.1, -0.05) is 6.07 Å². The van der Waals surface area contributed by atoms with Crippen molar-refractivity contribution in [2.45, 2.75) is 25.9 Å². The zero-order valence-corrected chi connectivity index (χ0v) is 16.9. The van der Waals surface area contributed by atoms with Crippen LogP contribution in [-0.2, 0) is 29.2 Å². The maximum absolute atomic E-state index is 10.6. The lowest BCUT2D eigenvalue weighted by molar-refractivity contribution is -0.192. The molecule has 3 aromatic heterocycles. The molecule has 1 aliphatic heterocycles. The van der Waals surface area contributed by atoms with Crippen LogP contribution in [0.5, 0.6) is 0 Å². The summed E-state index contributed by atoms with van der Waals surface area (Å²) in [4.78, 5) is 24.0. The first kappa shape index (κ1) is 23.1. The van der Waals surface area contributed by atoms with Gasteiger partial charge < -0.3 is 14.7 Å². The molecular weight excluding hydrogens is 429 g/mol. The van der Waals surface area contributed by atoms with E-state index in [9.17, 15) is 13.2 Å². The van der Waals surface area contributed by atoms with E-state index < -0.39 is 12.1 Å². The van der Waals surface area contributed by atoms with E-state index in [-0.39, 0.29) is 0 Å². The molecule has 1 aliphatic rings. The molecule has 1 atom stereocenters. The Morgan fingerprint density at radius 1 is 1.12 bits per heavy atom. The highest BCUT2D eigenvalue weighted by atomic mass is 19.4. The molecule has 0 amide bonds. The molecular formula is C20H21F3N6O3. The van der Waals surface area contributed by atoms with E-state index in [2.05, 4.69) is 35.7 Å². The van der Waals surface area contributed by atoms with Gasteiger partial charge in [-0.2, -0.15) is 18.3 Å². The van der Waals surface area contributed by atoms with Gasteiger partial charge in [-0.25, -0.2) is 14.8 Å². The van der Waals surface area contributed by atoms with E-state index in [1.165, 1.54) is 5.69 Å². The number of carboxylic acid groups (broad SMARTS) is 1. The molecule has 0 radical (unpaired) electrons. The van der Waals surface area contributed by atoms with Crippen LogP contribution in [0.3, 0.4) is 0 Å². The summed E-state index contributed by atoms with van der Waals surface area (Å²) in [7, 11) is 0. The van der Waals surface area contributed by atoms with Gasteiger partial charge in [0, 0.05) is 50.0 Å². The van der Waals surface area contributed by atoms with Crippen molar-refractivity contribution < 1.29 is 27.8 Å². The second kappa shape index (κ2) is 10.7. The van der Waals surface area contributed by atoms with Crippen molar-refractivity contribution >= 4 is 11.9 Å². The number of ether oxygens (including phenoxy) is 1. The van der Waals surface area contributed by atoms with Gasteiger partial charge in [-0.15, -0.1) is 0 Å². The van der Waals surface area contributed by atoms with Crippen LogP contribution >= 0.6 is 0 Å². The highest BCUT2D eigenvalue weighted by molar-refractivity contribution is 5.73. The summed E-state index contributed by atoms with van der Waals surface area (Å²) in [5.74, 6) is -1.71. The average Bonchev–Trinajstić information content (AvgIpc) is 3.13. The second-order valence-corrected chi connectivity index (χ2v) is 6.98. The normalized spacial score (nSPS) is 15.8. The third-order valence-electron chi connectivity index (χ3n) is 4.49. The van der Waals surface area contributed by atoms with Crippen LogP contribution in [0.25, 0.3) is 0 Å². The smallest absolute Gasteiger partial charge is 0.475 e. The number of hydrogen-bond donors (Lipinski definition) is 1. The molecule has 0 fully saturated rings. The van der Waals surface area contributed by atoms with Crippen LogP contribution < -0.4 is 4.90 Å². The van der Waals surface area contributed by atoms with Crippen molar-refractivity contribution in [3.05, 3.63) is 66.5 Å². The lowest BCUT2D eigenvalue weighted by atomic mass is 10.1. The summed E-state index contributed by atoms with van der Waals surface area (Å²) < 4.78 is 39.7. The van der Waals surface area contributed by atoms with Crippen molar-refractivity contribution in [1.82, 2.24) is 24.7 Å². The number of hydrogen-bond acceptors (Lipinski definition) is 7. The van der Waals surface area contributed by atoms with Crippen LogP contribution in [-0.4, -0.2) is 55.1 Å². The quantitative estimate of drug-likeness (QED) is 0.632. The van der Waals surface area contributed by atoms with E-state index in [1.807, 2.05) is 30.6 Å². The minimum absolute atomic E-state index is 0.307. The van der Waals surface area contributed by atoms with Crippen molar-refractivity contribution in [3.8, 4) is 0 Å². The highest BCUT2D eigenvalue weighted by Gasteiger charge is 2.38. The Bertz CT molecular complexity index is 985. The Balaban J connectivity index is 0.000000360. The number of aliphatic carboxylic acids is 1. The van der Waals surface area contributed by atoms with Crippen LogP contribution in [0.15, 0.2) is 55.2 Å². The van der Waals surface area contributed by atoms with Gasteiger partial charge in [-0.05, 0) is 23.8 Å². The SMILES string of the molecule is O=C(O)C(F)(F)F.c1cnc(N2Cc3ccnn3CC(COCc3cccnc3)C2)nc1. The molecule has 9 nitrogen and oxygen atoms in total. The van der Waals surface area contributed by atoms with Crippen LogP contribution in [0.2, 0.25) is 0 Å². The predicted molar refractivity (Wildman–Crippen MR) is 106 cm³/mol. The zero-order valence-electron chi connectivity index (χ0n) is 16.9. The van der Waals surface area contributed by atoms with Crippen molar-refractivity contribution in [3.63, 3.8) is 0 Å². The van der Waals surface area contributed by atoms with Gasteiger partial charge in [0.25, 0.3) is 0 Å². The van der Waals surface area contributed by atoms with Crippen LogP contribution in [0, 0.1) is 5.92 Å². The number of nitrogens with zero attached hydrogens (tertiary/aromatic N) is 6. The van der Waals surface area contributed by atoms with Gasteiger partial charge in [0.15, 0.2) is 0 Å². The average molecular weight is 450 g/mol. The summed E-state index contributed by atoms with van der Waals surface area (Å²) in [6, 6.07) is 7.83. The van der Waals surface area contributed by atoms with Crippen LogP contribution in [0.1, 0.15) is 11.3 Å². The summed E-state index contributed by atoms with van der Waals surface area (Å²) in [5.41, 5.74) is 2.25. The van der Waals surface area contributed by atoms with Crippen molar-refractivity contribution in [1.29, 1.82) is 0 Å². The molecule has 12 heteroatoms. The maximum atomic E-state index is 10.6. The Labute approximate surface area is 181 Å². The lowest BCUT2D eigenvalue weighted by Crippen LogP contribution is -2.31. The zero-order chi connectivity index (χ0) is 23.0. The Morgan fingerprint density at radius 2 is 1.88 bits per heavy atom. The Morgan fingerprint density at radius 3 is 2.53 bits per heavy atom. The van der Waals surface area contributed by atoms with E-state index in [0.29, 0.717) is 19.1 Å². The van der Waals surface area contributed by atoms with E-state index in [4.69, 9.17) is 14.6 Å². The van der Waals surface area contributed by atoms with Gasteiger partial charge in [0.1, 0.15) is 0 Å².